The van der Waals surface area contributed by atoms with Crippen LogP contribution < -0.4 is 5.32 Å². The van der Waals surface area contributed by atoms with E-state index in [0.29, 0.717) is 6.04 Å². The van der Waals surface area contributed by atoms with Crippen molar-refractivity contribution in [3.05, 3.63) is 29.3 Å². The number of rotatable bonds is 7. The van der Waals surface area contributed by atoms with Gasteiger partial charge < -0.3 is 5.32 Å². The summed E-state index contributed by atoms with van der Waals surface area (Å²) < 4.78 is 1.30. The number of unbranched alkanes of at least 4 members (excludes halogenated alkanes) is 2. The van der Waals surface area contributed by atoms with Gasteiger partial charge in [0.05, 0.1) is 10.2 Å². The summed E-state index contributed by atoms with van der Waals surface area (Å²) in [4.78, 5) is 4.54. The number of fused-ring (bicyclic) bond motifs is 1. The van der Waals surface area contributed by atoms with Crippen LogP contribution in [0.2, 0.25) is 0 Å². The zero-order valence-electron chi connectivity index (χ0n) is 11.3. The molecule has 0 amide bonds. The molecule has 2 nitrogen and oxygen atoms in total. The van der Waals surface area contributed by atoms with Crippen molar-refractivity contribution in [3.63, 3.8) is 0 Å². The zero-order valence-corrected chi connectivity index (χ0v) is 12.1. The van der Waals surface area contributed by atoms with E-state index in [2.05, 4.69) is 41.7 Å². The number of aromatic nitrogens is 1. The standard InChI is InChI=1S/C15H22N2S/c1-3-5-6-7-13(16-4-2)12-10-15-14(17-11-12)8-9-18-15/h8-11,13,16H,3-7H2,1-2H3. The Bertz CT molecular complexity index is 478. The summed E-state index contributed by atoms with van der Waals surface area (Å²) in [5.74, 6) is 0. The summed E-state index contributed by atoms with van der Waals surface area (Å²) in [5, 5.41) is 5.69. The van der Waals surface area contributed by atoms with Crippen LogP contribution in [0.25, 0.3) is 10.2 Å². The maximum atomic E-state index is 4.54. The van der Waals surface area contributed by atoms with Crippen LogP contribution in [-0.2, 0) is 0 Å². The molecule has 0 aliphatic rings. The van der Waals surface area contributed by atoms with E-state index < -0.39 is 0 Å². The van der Waals surface area contributed by atoms with Crippen molar-refractivity contribution in [1.29, 1.82) is 0 Å². The highest BCUT2D eigenvalue weighted by molar-refractivity contribution is 7.17. The van der Waals surface area contributed by atoms with Crippen molar-refractivity contribution in [2.45, 2.75) is 45.6 Å². The fraction of sp³-hybridized carbons (Fsp3) is 0.533. The molecule has 2 aromatic heterocycles. The zero-order chi connectivity index (χ0) is 12.8. The van der Waals surface area contributed by atoms with Gasteiger partial charge in [-0.05, 0) is 36.0 Å². The molecule has 0 aliphatic heterocycles. The van der Waals surface area contributed by atoms with E-state index >= 15 is 0 Å². The quantitative estimate of drug-likeness (QED) is 0.742. The monoisotopic (exact) mass is 262 g/mol. The first-order valence-electron chi connectivity index (χ1n) is 6.91. The number of hydrogen-bond acceptors (Lipinski definition) is 3. The van der Waals surface area contributed by atoms with Crippen molar-refractivity contribution >= 4 is 21.6 Å². The average molecular weight is 262 g/mol. The maximum Gasteiger partial charge on any atom is 0.0809 e. The largest absolute Gasteiger partial charge is 0.310 e. The lowest BCUT2D eigenvalue weighted by Gasteiger charge is -2.18. The molecule has 0 bridgehead atoms. The second-order valence-electron chi connectivity index (χ2n) is 4.68. The first kappa shape index (κ1) is 13.5. The van der Waals surface area contributed by atoms with Crippen LogP contribution >= 0.6 is 11.3 Å². The second kappa shape index (κ2) is 6.86. The number of thiophene rings is 1. The Kier molecular flexibility index (Phi) is 5.14. The molecule has 0 saturated heterocycles. The van der Waals surface area contributed by atoms with E-state index in [9.17, 15) is 0 Å². The molecule has 0 fully saturated rings. The van der Waals surface area contributed by atoms with Gasteiger partial charge in [0.1, 0.15) is 0 Å². The molecule has 2 heterocycles. The van der Waals surface area contributed by atoms with E-state index in [-0.39, 0.29) is 0 Å². The third-order valence-electron chi connectivity index (χ3n) is 3.27. The summed E-state index contributed by atoms with van der Waals surface area (Å²) in [6, 6.07) is 4.84. The summed E-state index contributed by atoms with van der Waals surface area (Å²) in [5.41, 5.74) is 2.45. The van der Waals surface area contributed by atoms with Crippen LogP contribution in [0.1, 0.15) is 51.1 Å². The SMILES string of the molecule is CCCCCC(NCC)c1cnc2ccsc2c1. The average Bonchev–Trinajstić information content (AvgIpc) is 2.85. The van der Waals surface area contributed by atoms with Crippen LogP contribution in [-0.4, -0.2) is 11.5 Å². The van der Waals surface area contributed by atoms with Crippen molar-refractivity contribution in [2.24, 2.45) is 0 Å². The number of nitrogens with zero attached hydrogens (tertiary/aromatic N) is 1. The van der Waals surface area contributed by atoms with Crippen molar-refractivity contribution < 1.29 is 0 Å². The third-order valence-corrected chi connectivity index (χ3v) is 4.13. The molecule has 2 aromatic rings. The lowest BCUT2D eigenvalue weighted by molar-refractivity contribution is 0.486. The van der Waals surface area contributed by atoms with Crippen LogP contribution in [0.4, 0.5) is 0 Å². The molecule has 0 saturated carbocycles. The van der Waals surface area contributed by atoms with Gasteiger partial charge in [-0.25, -0.2) is 0 Å². The number of nitrogens with one attached hydrogen (secondary N) is 1. The Balaban J connectivity index is 2.12. The van der Waals surface area contributed by atoms with E-state index in [0.717, 1.165) is 12.1 Å². The van der Waals surface area contributed by atoms with Gasteiger partial charge in [0.25, 0.3) is 0 Å². The van der Waals surface area contributed by atoms with Gasteiger partial charge in [-0.15, -0.1) is 11.3 Å². The van der Waals surface area contributed by atoms with E-state index in [1.54, 1.807) is 11.3 Å². The molecule has 1 atom stereocenters. The minimum Gasteiger partial charge on any atom is -0.310 e. The van der Waals surface area contributed by atoms with Crippen LogP contribution in [0.3, 0.4) is 0 Å². The predicted octanol–water partition coefficient (Wildman–Crippen LogP) is 4.53. The fourth-order valence-electron chi connectivity index (χ4n) is 2.28. The van der Waals surface area contributed by atoms with Crippen molar-refractivity contribution in [2.75, 3.05) is 6.54 Å². The topological polar surface area (TPSA) is 24.9 Å². The molecule has 0 aromatic carbocycles. The normalized spacial score (nSPS) is 13.0. The summed E-state index contributed by atoms with van der Waals surface area (Å²) in [6.45, 7) is 5.44. The van der Waals surface area contributed by atoms with E-state index in [1.807, 2.05) is 6.20 Å². The first-order valence-corrected chi connectivity index (χ1v) is 7.79. The molecule has 0 aliphatic carbocycles. The lowest BCUT2D eigenvalue weighted by Crippen LogP contribution is -2.20. The number of pyridine rings is 1. The van der Waals surface area contributed by atoms with Gasteiger partial charge in [-0.2, -0.15) is 0 Å². The Morgan fingerprint density at radius 2 is 2.22 bits per heavy atom. The molecule has 0 radical (unpaired) electrons. The van der Waals surface area contributed by atoms with E-state index in [4.69, 9.17) is 0 Å². The van der Waals surface area contributed by atoms with Gasteiger partial charge in [0.15, 0.2) is 0 Å². The molecule has 98 valence electrons. The predicted molar refractivity (Wildman–Crippen MR) is 80.2 cm³/mol. The van der Waals surface area contributed by atoms with Crippen LogP contribution in [0, 0.1) is 0 Å². The van der Waals surface area contributed by atoms with Gasteiger partial charge in [-0.3, -0.25) is 4.98 Å². The molecule has 3 heteroatoms. The minimum absolute atomic E-state index is 0.459. The van der Waals surface area contributed by atoms with Crippen molar-refractivity contribution in [3.8, 4) is 0 Å². The Morgan fingerprint density at radius 1 is 1.33 bits per heavy atom. The first-order chi connectivity index (χ1) is 8.85. The second-order valence-corrected chi connectivity index (χ2v) is 5.63. The highest BCUT2D eigenvalue weighted by Crippen LogP contribution is 2.25. The van der Waals surface area contributed by atoms with Gasteiger partial charge in [0.2, 0.25) is 0 Å². The molecule has 1 N–H and O–H groups in total. The minimum atomic E-state index is 0.459. The molecule has 1 unspecified atom stereocenters. The Labute approximate surface area is 113 Å². The smallest absolute Gasteiger partial charge is 0.0809 e. The van der Waals surface area contributed by atoms with Crippen molar-refractivity contribution in [1.82, 2.24) is 10.3 Å². The molecule has 0 spiro atoms. The summed E-state index contributed by atoms with van der Waals surface area (Å²) in [7, 11) is 0. The third kappa shape index (κ3) is 3.30. The highest BCUT2D eigenvalue weighted by Gasteiger charge is 2.11. The maximum absolute atomic E-state index is 4.54. The van der Waals surface area contributed by atoms with Gasteiger partial charge in [0, 0.05) is 12.2 Å². The molecule has 2 rings (SSSR count). The molecular weight excluding hydrogens is 240 g/mol. The summed E-state index contributed by atoms with van der Waals surface area (Å²) in [6.07, 6.45) is 7.13. The molecular formula is C15H22N2S. The molecule has 18 heavy (non-hydrogen) atoms. The highest BCUT2D eigenvalue weighted by atomic mass is 32.1. The lowest BCUT2D eigenvalue weighted by atomic mass is 10.0. The van der Waals surface area contributed by atoms with Gasteiger partial charge >= 0.3 is 0 Å². The number of hydrogen-bond donors (Lipinski definition) is 1. The van der Waals surface area contributed by atoms with Crippen LogP contribution in [0.5, 0.6) is 0 Å². The Hall–Kier alpha value is -0.930. The van der Waals surface area contributed by atoms with Crippen LogP contribution in [0.15, 0.2) is 23.7 Å². The summed E-state index contributed by atoms with van der Waals surface area (Å²) >= 11 is 1.78. The fourth-order valence-corrected chi connectivity index (χ4v) is 3.07. The van der Waals surface area contributed by atoms with E-state index in [1.165, 1.54) is 35.9 Å². The Morgan fingerprint density at radius 3 is 3.00 bits per heavy atom. The van der Waals surface area contributed by atoms with Gasteiger partial charge in [-0.1, -0.05) is 33.1 Å².